The van der Waals surface area contributed by atoms with Gasteiger partial charge in [0, 0.05) is 0 Å². The molecule has 1 rings (SSSR count). The van der Waals surface area contributed by atoms with Crippen LogP contribution in [0.4, 0.5) is 0 Å². The van der Waals surface area contributed by atoms with Gasteiger partial charge in [-0.1, -0.05) is 5.92 Å². The van der Waals surface area contributed by atoms with E-state index in [1.807, 2.05) is 6.07 Å². The molecular formula is C8H7Br2NO. The average Bonchev–Trinajstić information content (AvgIpc) is 2.32. The Hall–Kier alpha value is -0.240. The maximum absolute atomic E-state index is 5.30. The third-order valence-corrected chi connectivity index (χ3v) is 2.93. The fourth-order valence-electron chi connectivity index (χ4n) is 0.736. The summed E-state index contributed by atoms with van der Waals surface area (Å²) in [5, 5.41) is 3.02. The van der Waals surface area contributed by atoms with Gasteiger partial charge in [-0.15, -0.1) is 6.42 Å². The van der Waals surface area contributed by atoms with Crippen molar-refractivity contribution in [3.8, 4) is 12.3 Å². The predicted octanol–water partition coefficient (Wildman–Crippen LogP) is 2.53. The summed E-state index contributed by atoms with van der Waals surface area (Å²) in [5.74, 6) is 3.33. The third kappa shape index (κ3) is 2.67. The molecule has 1 heterocycles. The van der Waals surface area contributed by atoms with Crippen LogP contribution >= 0.6 is 31.9 Å². The van der Waals surface area contributed by atoms with E-state index in [1.165, 1.54) is 0 Å². The Labute approximate surface area is 88.0 Å². The molecule has 0 radical (unpaired) electrons. The summed E-state index contributed by atoms with van der Waals surface area (Å²) in [6.07, 6.45) is 5.07. The topological polar surface area (TPSA) is 25.2 Å². The molecule has 0 saturated carbocycles. The van der Waals surface area contributed by atoms with Crippen LogP contribution < -0.4 is 5.32 Å². The largest absolute Gasteiger partial charge is 0.452 e. The van der Waals surface area contributed by atoms with E-state index in [1.54, 1.807) is 0 Å². The molecule has 0 aliphatic rings. The van der Waals surface area contributed by atoms with Gasteiger partial charge in [0.25, 0.3) is 0 Å². The summed E-state index contributed by atoms with van der Waals surface area (Å²) in [6, 6.07) is 1.90. The number of hydrogen-bond donors (Lipinski definition) is 1. The summed E-state index contributed by atoms with van der Waals surface area (Å²) in [6.45, 7) is 1.20. The first-order valence-corrected chi connectivity index (χ1v) is 4.90. The second-order valence-corrected chi connectivity index (χ2v) is 3.72. The highest BCUT2D eigenvalue weighted by atomic mass is 79.9. The smallest absolute Gasteiger partial charge is 0.183 e. The van der Waals surface area contributed by atoms with Gasteiger partial charge in [-0.2, -0.15) is 0 Å². The van der Waals surface area contributed by atoms with Crippen LogP contribution in [0.25, 0.3) is 0 Å². The molecule has 0 aliphatic carbocycles. The summed E-state index contributed by atoms with van der Waals surface area (Å²) in [5.41, 5.74) is 0. The van der Waals surface area contributed by atoms with Gasteiger partial charge >= 0.3 is 0 Å². The lowest BCUT2D eigenvalue weighted by molar-refractivity contribution is 0.471. The molecule has 12 heavy (non-hydrogen) atoms. The normalized spacial score (nSPS) is 9.75. The Balaban J connectivity index is 2.48. The Bertz CT molecular complexity index is 281. The molecule has 0 amide bonds. The number of halogens is 2. The van der Waals surface area contributed by atoms with Crippen LogP contribution in [0.5, 0.6) is 0 Å². The minimum atomic E-state index is 0.552. The minimum Gasteiger partial charge on any atom is -0.452 e. The van der Waals surface area contributed by atoms with Gasteiger partial charge in [-0.05, 0) is 37.9 Å². The molecular weight excluding hydrogens is 286 g/mol. The van der Waals surface area contributed by atoms with Crippen LogP contribution in [0.1, 0.15) is 5.76 Å². The highest BCUT2D eigenvalue weighted by molar-refractivity contribution is 9.13. The van der Waals surface area contributed by atoms with E-state index in [0.29, 0.717) is 17.8 Å². The van der Waals surface area contributed by atoms with Crippen molar-refractivity contribution in [2.75, 3.05) is 6.54 Å². The second-order valence-electron chi connectivity index (χ2n) is 2.14. The zero-order valence-corrected chi connectivity index (χ0v) is 9.41. The van der Waals surface area contributed by atoms with E-state index in [2.05, 4.69) is 43.1 Å². The van der Waals surface area contributed by atoms with Crippen LogP contribution in [0.3, 0.4) is 0 Å². The van der Waals surface area contributed by atoms with Gasteiger partial charge in [0.15, 0.2) is 4.67 Å². The van der Waals surface area contributed by atoms with Gasteiger partial charge in [0.1, 0.15) is 5.76 Å². The van der Waals surface area contributed by atoms with E-state index in [4.69, 9.17) is 10.8 Å². The Morgan fingerprint density at radius 3 is 2.83 bits per heavy atom. The van der Waals surface area contributed by atoms with Gasteiger partial charge in [0.05, 0.1) is 17.6 Å². The predicted molar refractivity (Wildman–Crippen MR) is 54.6 cm³/mol. The first-order chi connectivity index (χ1) is 5.74. The Kier molecular flexibility index (Phi) is 3.86. The molecule has 4 heteroatoms. The second kappa shape index (κ2) is 4.70. The molecule has 0 aromatic carbocycles. The molecule has 2 nitrogen and oxygen atoms in total. The number of hydrogen-bond acceptors (Lipinski definition) is 2. The first kappa shape index (κ1) is 9.85. The molecule has 0 saturated heterocycles. The minimum absolute atomic E-state index is 0.552. The van der Waals surface area contributed by atoms with Crippen molar-refractivity contribution in [3.05, 3.63) is 21.0 Å². The van der Waals surface area contributed by atoms with E-state index in [9.17, 15) is 0 Å². The fourth-order valence-corrected chi connectivity index (χ4v) is 1.40. The average molecular weight is 293 g/mol. The summed E-state index contributed by atoms with van der Waals surface area (Å²) in [7, 11) is 0. The highest BCUT2D eigenvalue weighted by Crippen LogP contribution is 2.26. The number of terminal acetylenes is 1. The Morgan fingerprint density at radius 2 is 2.33 bits per heavy atom. The fraction of sp³-hybridized carbons (Fsp3) is 0.250. The number of rotatable bonds is 3. The number of nitrogens with one attached hydrogen (secondary N) is 1. The molecule has 1 N–H and O–H groups in total. The lowest BCUT2D eigenvalue weighted by Gasteiger charge is -1.94. The van der Waals surface area contributed by atoms with Crippen LogP contribution in [0.2, 0.25) is 0 Å². The molecule has 1 aromatic heterocycles. The van der Waals surface area contributed by atoms with E-state index < -0.39 is 0 Å². The molecule has 0 bridgehead atoms. The van der Waals surface area contributed by atoms with Crippen LogP contribution in [0, 0.1) is 12.3 Å². The lowest BCUT2D eigenvalue weighted by Crippen LogP contribution is -2.12. The van der Waals surface area contributed by atoms with Crippen molar-refractivity contribution in [2.45, 2.75) is 6.54 Å². The molecule has 0 fully saturated rings. The SMILES string of the molecule is C#CCNCc1cc(Br)c(Br)o1. The Morgan fingerprint density at radius 1 is 1.58 bits per heavy atom. The first-order valence-electron chi connectivity index (χ1n) is 3.32. The summed E-state index contributed by atoms with van der Waals surface area (Å²) in [4.78, 5) is 0. The van der Waals surface area contributed by atoms with Crippen molar-refractivity contribution in [1.29, 1.82) is 0 Å². The highest BCUT2D eigenvalue weighted by Gasteiger charge is 2.04. The molecule has 0 unspecified atom stereocenters. The third-order valence-electron chi connectivity index (χ3n) is 1.22. The summed E-state index contributed by atoms with van der Waals surface area (Å²) < 4.78 is 6.92. The maximum Gasteiger partial charge on any atom is 0.183 e. The van der Waals surface area contributed by atoms with Crippen LogP contribution in [-0.4, -0.2) is 6.54 Å². The zero-order valence-electron chi connectivity index (χ0n) is 6.23. The number of furan rings is 1. The monoisotopic (exact) mass is 291 g/mol. The standard InChI is InChI=1S/C8H7Br2NO/c1-2-3-11-5-6-4-7(9)8(10)12-6/h1,4,11H,3,5H2. The van der Waals surface area contributed by atoms with Gasteiger partial charge in [-0.25, -0.2) is 0 Å². The van der Waals surface area contributed by atoms with Gasteiger partial charge in [-0.3, -0.25) is 5.32 Å². The van der Waals surface area contributed by atoms with Gasteiger partial charge < -0.3 is 4.42 Å². The zero-order chi connectivity index (χ0) is 8.97. The van der Waals surface area contributed by atoms with E-state index in [0.717, 1.165) is 10.2 Å². The van der Waals surface area contributed by atoms with E-state index >= 15 is 0 Å². The van der Waals surface area contributed by atoms with Crippen LogP contribution in [-0.2, 0) is 6.54 Å². The van der Waals surface area contributed by atoms with Crippen molar-refractivity contribution in [2.24, 2.45) is 0 Å². The van der Waals surface area contributed by atoms with Crippen molar-refractivity contribution in [3.63, 3.8) is 0 Å². The summed E-state index contributed by atoms with van der Waals surface area (Å²) >= 11 is 6.56. The maximum atomic E-state index is 5.30. The van der Waals surface area contributed by atoms with Crippen LogP contribution in [0.15, 0.2) is 19.6 Å². The van der Waals surface area contributed by atoms with Crippen molar-refractivity contribution >= 4 is 31.9 Å². The lowest BCUT2D eigenvalue weighted by atomic mass is 10.4. The molecule has 1 aromatic rings. The molecule has 64 valence electrons. The van der Waals surface area contributed by atoms with E-state index in [-0.39, 0.29) is 0 Å². The quantitative estimate of drug-likeness (QED) is 0.684. The molecule has 0 atom stereocenters. The molecule has 0 spiro atoms. The van der Waals surface area contributed by atoms with Gasteiger partial charge in [0.2, 0.25) is 0 Å². The molecule has 0 aliphatic heterocycles. The van der Waals surface area contributed by atoms with Crippen molar-refractivity contribution in [1.82, 2.24) is 5.32 Å². The van der Waals surface area contributed by atoms with Crippen molar-refractivity contribution < 1.29 is 4.42 Å².